The molecule has 2 rings (SSSR count). The van der Waals surface area contributed by atoms with Gasteiger partial charge in [0.2, 0.25) is 0 Å². The summed E-state index contributed by atoms with van der Waals surface area (Å²) in [5.41, 5.74) is -0.862. The molecule has 0 amide bonds. The van der Waals surface area contributed by atoms with E-state index in [0.717, 1.165) is 18.2 Å². The Labute approximate surface area is 101 Å². The van der Waals surface area contributed by atoms with Gasteiger partial charge >= 0.3 is 11.9 Å². The Morgan fingerprint density at radius 1 is 1.33 bits per heavy atom. The summed E-state index contributed by atoms with van der Waals surface area (Å²) in [4.78, 5) is 22.6. The summed E-state index contributed by atoms with van der Waals surface area (Å²) in [6.45, 7) is 1.71. The SMILES string of the molecule is CCOC(=O)/C=C1\OC(=O)c2c(F)ccc(F)c21. The van der Waals surface area contributed by atoms with E-state index in [-0.39, 0.29) is 17.9 Å². The predicted molar refractivity (Wildman–Crippen MR) is 56.4 cm³/mol. The maximum atomic E-state index is 13.5. The lowest BCUT2D eigenvalue weighted by atomic mass is 10.1. The monoisotopic (exact) mass is 254 g/mol. The van der Waals surface area contributed by atoms with Crippen molar-refractivity contribution in [2.24, 2.45) is 0 Å². The lowest BCUT2D eigenvalue weighted by Gasteiger charge is -2.00. The van der Waals surface area contributed by atoms with Gasteiger partial charge in [-0.1, -0.05) is 0 Å². The van der Waals surface area contributed by atoms with Crippen LogP contribution in [-0.4, -0.2) is 18.5 Å². The van der Waals surface area contributed by atoms with Gasteiger partial charge in [0, 0.05) is 0 Å². The van der Waals surface area contributed by atoms with Crippen molar-refractivity contribution < 1.29 is 27.8 Å². The first-order valence-corrected chi connectivity index (χ1v) is 5.13. The summed E-state index contributed by atoms with van der Waals surface area (Å²) in [7, 11) is 0. The number of carbonyl (C=O) groups is 2. The van der Waals surface area contributed by atoms with Crippen molar-refractivity contribution in [2.75, 3.05) is 6.61 Å². The van der Waals surface area contributed by atoms with E-state index in [9.17, 15) is 18.4 Å². The third kappa shape index (κ3) is 1.97. The van der Waals surface area contributed by atoms with Crippen molar-refractivity contribution in [1.82, 2.24) is 0 Å². The van der Waals surface area contributed by atoms with Gasteiger partial charge in [0.15, 0.2) is 0 Å². The van der Waals surface area contributed by atoms with Crippen LogP contribution in [-0.2, 0) is 14.3 Å². The average Bonchev–Trinajstić information content (AvgIpc) is 2.62. The van der Waals surface area contributed by atoms with E-state index in [1.807, 2.05) is 0 Å². The number of ether oxygens (including phenoxy) is 2. The quantitative estimate of drug-likeness (QED) is 0.598. The van der Waals surface area contributed by atoms with Crippen LogP contribution >= 0.6 is 0 Å². The van der Waals surface area contributed by atoms with Crippen molar-refractivity contribution in [1.29, 1.82) is 0 Å². The Hall–Kier alpha value is -2.24. The van der Waals surface area contributed by atoms with Gasteiger partial charge in [0.1, 0.15) is 23.0 Å². The smallest absolute Gasteiger partial charge is 0.347 e. The molecule has 0 atom stereocenters. The van der Waals surface area contributed by atoms with Crippen LogP contribution in [0.25, 0.3) is 5.76 Å². The first-order valence-electron chi connectivity index (χ1n) is 5.13. The molecule has 0 fully saturated rings. The summed E-state index contributed by atoms with van der Waals surface area (Å²) in [5.74, 6) is -3.91. The van der Waals surface area contributed by atoms with E-state index in [2.05, 4.69) is 9.47 Å². The van der Waals surface area contributed by atoms with Gasteiger partial charge in [-0.2, -0.15) is 0 Å². The molecule has 1 aliphatic heterocycles. The second-order valence-electron chi connectivity index (χ2n) is 3.43. The number of halogens is 2. The standard InChI is InChI=1S/C12H8F2O4/c1-2-17-9(15)5-8-10-6(13)3-4-7(14)11(10)12(16)18-8/h3-5H,2H2,1H3/b8-5-. The molecular weight excluding hydrogens is 246 g/mol. The number of cyclic esters (lactones) is 1. The molecule has 0 unspecified atom stereocenters. The highest BCUT2D eigenvalue weighted by molar-refractivity contribution is 6.06. The first-order chi connectivity index (χ1) is 8.54. The third-order valence-electron chi connectivity index (χ3n) is 2.29. The molecule has 1 aromatic carbocycles. The van der Waals surface area contributed by atoms with Gasteiger partial charge in [0.25, 0.3) is 0 Å². The number of esters is 2. The van der Waals surface area contributed by atoms with Gasteiger partial charge in [-0.25, -0.2) is 18.4 Å². The van der Waals surface area contributed by atoms with Crippen LogP contribution in [0.3, 0.4) is 0 Å². The Morgan fingerprint density at radius 2 is 1.94 bits per heavy atom. The Kier molecular flexibility index (Phi) is 3.10. The molecule has 1 aliphatic rings. The topological polar surface area (TPSA) is 52.6 Å². The molecule has 1 aromatic rings. The fourth-order valence-electron chi connectivity index (χ4n) is 1.59. The summed E-state index contributed by atoms with van der Waals surface area (Å²) in [6.07, 6.45) is 0.815. The average molecular weight is 254 g/mol. The number of hydrogen-bond acceptors (Lipinski definition) is 4. The summed E-state index contributed by atoms with van der Waals surface area (Å²) in [5, 5.41) is 0. The van der Waals surface area contributed by atoms with E-state index < -0.39 is 29.1 Å². The minimum Gasteiger partial charge on any atom is -0.463 e. The van der Waals surface area contributed by atoms with E-state index >= 15 is 0 Å². The van der Waals surface area contributed by atoms with Gasteiger partial charge in [-0.05, 0) is 19.1 Å². The zero-order valence-corrected chi connectivity index (χ0v) is 9.33. The minimum absolute atomic E-state index is 0.120. The number of hydrogen-bond donors (Lipinski definition) is 0. The van der Waals surface area contributed by atoms with E-state index in [1.54, 1.807) is 6.92 Å². The van der Waals surface area contributed by atoms with Gasteiger partial charge < -0.3 is 9.47 Å². The second kappa shape index (κ2) is 4.56. The summed E-state index contributed by atoms with van der Waals surface area (Å²) in [6, 6.07) is 1.68. The molecule has 18 heavy (non-hydrogen) atoms. The first kappa shape index (κ1) is 12.2. The molecule has 0 spiro atoms. The zero-order valence-electron chi connectivity index (χ0n) is 9.33. The maximum Gasteiger partial charge on any atom is 0.347 e. The molecule has 0 saturated carbocycles. The molecule has 6 heteroatoms. The highest BCUT2D eigenvalue weighted by Crippen LogP contribution is 2.33. The largest absolute Gasteiger partial charge is 0.463 e. The van der Waals surface area contributed by atoms with Crippen molar-refractivity contribution in [3.8, 4) is 0 Å². The fraction of sp³-hybridized carbons (Fsp3) is 0.167. The number of benzene rings is 1. The predicted octanol–water partition coefficient (Wildman–Crippen LogP) is 2.04. The lowest BCUT2D eigenvalue weighted by molar-refractivity contribution is -0.137. The van der Waals surface area contributed by atoms with Gasteiger partial charge in [-0.15, -0.1) is 0 Å². The van der Waals surface area contributed by atoms with Crippen molar-refractivity contribution in [2.45, 2.75) is 6.92 Å². The van der Waals surface area contributed by atoms with Crippen LogP contribution < -0.4 is 0 Å². The summed E-state index contributed by atoms with van der Waals surface area (Å²) >= 11 is 0. The molecule has 94 valence electrons. The van der Waals surface area contributed by atoms with Crippen LogP contribution in [0.1, 0.15) is 22.8 Å². The molecular formula is C12H8F2O4. The zero-order chi connectivity index (χ0) is 13.3. The normalized spacial score (nSPS) is 15.5. The van der Waals surface area contributed by atoms with Crippen LogP contribution in [0.4, 0.5) is 8.78 Å². The third-order valence-corrected chi connectivity index (χ3v) is 2.29. The molecule has 0 aliphatic carbocycles. The highest BCUT2D eigenvalue weighted by atomic mass is 19.1. The van der Waals surface area contributed by atoms with E-state index in [0.29, 0.717) is 0 Å². The van der Waals surface area contributed by atoms with Crippen LogP contribution in [0, 0.1) is 11.6 Å². The van der Waals surface area contributed by atoms with Gasteiger partial charge in [-0.3, -0.25) is 0 Å². The molecule has 0 bridgehead atoms. The molecule has 0 radical (unpaired) electrons. The van der Waals surface area contributed by atoms with Gasteiger partial charge in [0.05, 0.1) is 18.2 Å². The number of rotatable bonds is 2. The Bertz CT molecular complexity index is 563. The molecule has 0 saturated heterocycles. The summed E-state index contributed by atoms with van der Waals surface area (Å²) < 4.78 is 36.2. The van der Waals surface area contributed by atoms with Crippen LogP contribution in [0.5, 0.6) is 0 Å². The molecule has 4 nitrogen and oxygen atoms in total. The lowest BCUT2D eigenvalue weighted by Crippen LogP contribution is -2.01. The number of fused-ring (bicyclic) bond motifs is 1. The van der Waals surface area contributed by atoms with Crippen molar-refractivity contribution in [3.05, 3.63) is 41.0 Å². The van der Waals surface area contributed by atoms with Crippen LogP contribution in [0.15, 0.2) is 18.2 Å². The minimum atomic E-state index is -1.03. The molecule has 1 heterocycles. The number of carbonyl (C=O) groups excluding carboxylic acids is 2. The van der Waals surface area contributed by atoms with Crippen molar-refractivity contribution >= 4 is 17.7 Å². The highest BCUT2D eigenvalue weighted by Gasteiger charge is 2.33. The van der Waals surface area contributed by atoms with E-state index in [1.165, 1.54) is 0 Å². The Balaban J connectivity index is 2.51. The van der Waals surface area contributed by atoms with Crippen molar-refractivity contribution in [3.63, 3.8) is 0 Å². The Morgan fingerprint density at radius 3 is 2.56 bits per heavy atom. The molecule has 0 aromatic heterocycles. The second-order valence-corrected chi connectivity index (χ2v) is 3.43. The van der Waals surface area contributed by atoms with Crippen LogP contribution in [0.2, 0.25) is 0 Å². The maximum absolute atomic E-state index is 13.5. The molecule has 0 N–H and O–H groups in total. The van der Waals surface area contributed by atoms with E-state index in [4.69, 9.17) is 0 Å². The fourth-order valence-corrected chi connectivity index (χ4v) is 1.59.